The minimum absolute atomic E-state index is 0.231. The van der Waals surface area contributed by atoms with Crippen LogP contribution in [0.3, 0.4) is 0 Å². The lowest BCUT2D eigenvalue weighted by Gasteiger charge is -2.29. The summed E-state index contributed by atoms with van der Waals surface area (Å²) in [6.45, 7) is 0.723. The summed E-state index contributed by atoms with van der Waals surface area (Å²) in [5, 5.41) is 0. The smallest absolute Gasteiger partial charge is 0.0722 e. The van der Waals surface area contributed by atoms with E-state index in [4.69, 9.17) is 4.74 Å². The first-order valence-electron chi connectivity index (χ1n) is 6.81. The van der Waals surface area contributed by atoms with Gasteiger partial charge in [-0.05, 0) is 17.5 Å². The number of hydrogen-bond donors (Lipinski definition) is 0. The Morgan fingerprint density at radius 3 is 1.84 bits per heavy atom. The van der Waals surface area contributed by atoms with Gasteiger partial charge in [-0.2, -0.15) is 0 Å². The number of benzene rings is 2. The molecule has 1 heteroatoms. The van der Waals surface area contributed by atoms with E-state index in [1.807, 2.05) is 0 Å². The molecule has 19 heavy (non-hydrogen) atoms. The Morgan fingerprint density at radius 2 is 1.37 bits per heavy atom. The first kappa shape index (κ1) is 12.2. The largest absolute Gasteiger partial charge is 0.373 e. The van der Waals surface area contributed by atoms with Gasteiger partial charge < -0.3 is 4.74 Å². The monoisotopic (exact) mass is 250 g/mol. The highest BCUT2D eigenvalue weighted by Gasteiger charge is 2.25. The molecule has 96 valence electrons. The van der Waals surface area contributed by atoms with Gasteiger partial charge in [0.05, 0.1) is 12.7 Å². The standard InChI is InChI=1S/C18H18O/c1-3-9-15(10-4-1)18(16-11-5-2-6-12-16)17-13-7-8-14-19-17/h1-12,17-18H,13-14H2. The molecule has 1 atom stereocenters. The van der Waals surface area contributed by atoms with Crippen LogP contribution in [-0.4, -0.2) is 12.7 Å². The van der Waals surface area contributed by atoms with Crippen LogP contribution in [0.15, 0.2) is 72.8 Å². The highest BCUT2D eigenvalue weighted by atomic mass is 16.5. The summed E-state index contributed by atoms with van der Waals surface area (Å²) < 4.78 is 5.96. The van der Waals surface area contributed by atoms with Crippen molar-refractivity contribution >= 4 is 0 Å². The van der Waals surface area contributed by atoms with Gasteiger partial charge in [0, 0.05) is 5.92 Å². The van der Waals surface area contributed by atoms with Crippen LogP contribution in [0.4, 0.5) is 0 Å². The highest BCUT2D eigenvalue weighted by molar-refractivity contribution is 5.34. The van der Waals surface area contributed by atoms with Crippen molar-refractivity contribution in [3.05, 3.63) is 83.9 Å². The zero-order valence-electron chi connectivity index (χ0n) is 10.9. The zero-order chi connectivity index (χ0) is 12.9. The number of rotatable bonds is 3. The van der Waals surface area contributed by atoms with Crippen molar-refractivity contribution in [2.24, 2.45) is 0 Å². The Hall–Kier alpha value is -1.86. The van der Waals surface area contributed by atoms with Crippen LogP contribution in [0.2, 0.25) is 0 Å². The second-order valence-corrected chi connectivity index (χ2v) is 4.88. The van der Waals surface area contributed by atoms with Gasteiger partial charge in [-0.25, -0.2) is 0 Å². The number of hydrogen-bond acceptors (Lipinski definition) is 1. The fraction of sp³-hybridized carbons (Fsp3) is 0.222. The van der Waals surface area contributed by atoms with E-state index in [0.717, 1.165) is 13.0 Å². The molecule has 1 nitrogen and oxygen atoms in total. The Labute approximate surface area is 114 Å². The maximum Gasteiger partial charge on any atom is 0.0722 e. The molecule has 0 spiro atoms. The summed E-state index contributed by atoms with van der Waals surface area (Å²) >= 11 is 0. The molecule has 0 aromatic heterocycles. The molecule has 1 aliphatic rings. The summed E-state index contributed by atoms with van der Waals surface area (Å²) in [7, 11) is 0. The molecule has 0 aliphatic carbocycles. The average molecular weight is 250 g/mol. The lowest BCUT2D eigenvalue weighted by atomic mass is 9.84. The van der Waals surface area contributed by atoms with Gasteiger partial charge in [-0.15, -0.1) is 0 Å². The molecular weight excluding hydrogens is 232 g/mol. The molecule has 0 saturated heterocycles. The normalized spacial score (nSPS) is 18.7. The van der Waals surface area contributed by atoms with Gasteiger partial charge in [0.2, 0.25) is 0 Å². The van der Waals surface area contributed by atoms with Gasteiger partial charge in [0.25, 0.3) is 0 Å². The molecule has 0 radical (unpaired) electrons. The average Bonchev–Trinajstić information content (AvgIpc) is 2.51. The summed E-state index contributed by atoms with van der Waals surface area (Å²) in [5.41, 5.74) is 2.66. The molecule has 0 bridgehead atoms. The van der Waals surface area contributed by atoms with E-state index >= 15 is 0 Å². The SMILES string of the molecule is C1=CCC(C(c2ccccc2)c2ccccc2)OC1. The van der Waals surface area contributed by atoms with Crippen molar-refractivity contribution in [2.75, 3.05) is 6.61 Å². The zero-order valence-corrected chi connectivity index (χ0v) is 10.9. The van der Waals surface area contributed by atoms with Gasteiger partial charge in [-0.1, -0.05) is 72.8 Å². The quantitative estimate of drug-likeness (QED) is 0.743. The maximum absolute atomic E-state index is 5.96. The summed E-state index contributed by atoms with van der Waals surface area (Å²) in [4.78, 5) is 0. The van der Waals surface area contributed by atoms with E-state index in [1.165, 1.54) is 11.1 Å². The van der Waals surface area contributed by atoms with Crippen LogP contribution in [-0.2, 0) is 4.74 Å². The van der Waals surface area contributed by atoms with Crippen molar-refractivity contribution in [1.29, 1.82) is 0 Å². The van der Waals surface area contributed by atoms with Crippen LogP contribution in [0.25, 0.3) is 0 Å². The Morgan fingerprint density at radius 1 is 0.789 bits per heavy atom. The van der Waals surface area contributed by atoms with Crippen LogP contribution >= 0.6 is 0 Å². The molecule has 2 aromatic carbocycles. The summed E-state index contributed by atoms with van der Waals surface area (Å²) in [5.74, 6) is 0.312. The minimum atomic E-state index is 0.231. The molecule has 1 unspecified atom stereocenters. The third kappa shape index (κ3) is 2.77. The molecule has 0 amide bonds. The number of ether oxygens (including phenoxy) is 1. The van der Waals surface area contributed by atoms with E-state index in [2.05, 4.69) is 72.8 Å². The Balaban J connectivity index is 1.98. The third-order valence-electron chi connectivity index (χ3n) is 3.63. The minimum Gasteiger partial charge on any atom is -0.373 e. The van der Waals surface area contributed by atoms with Crippen molar-refractivity contribution < 1.29 is 4.74 Å². The van der Waals surface area contributed by atoms with E-state index in [9.17, 15) is 0 Å². The van der Waals surface area contributed by atoms with E-state index in [-0.39, 0.29) is 6.10 Å². The van der Waals surface area contributed by atoms with Gasteiger partial charge in [0.15, 0.2) is 0 Å². The Kier molecular flexibility index (Phi) is 3.75. The van der Waals surface area contributed by atoms with E-state index < -0.39 is 0 Å². The molecular formula is C18H18O. The predicted octanol–water partition coefficient (Wildman–Crippen LogP) is 4.16. The molecule has 0 fully saturated rings. The van der Waals surface area contributed by atoms with Gasteiger partial charge in [0.1, 0.15) is 0 Å². The van der Waals surface area contributed by atoms with Crippen LogP contribution in [0.5, 0.6) is 0 Å². The van der Waals surface area contributed by atoms with Gasteiger partial charge >= 0.3 is 0 Å². The second kappa shape index (κ2) is 5.85. The van der Waals surface area contributed by atoms with E-state index in [0.29, 0.717) is 5.92 Å². The maximum atomic E-state index is 5.96. The fourth-order valence-electron chi connectivity index (χ4n) is 2.72. The van der Waals surface area contributed by atoms with Gasteiger partial charge in [-0.3, -0.25) is 0 Å². The lowest BCUT2D eigenvalue weighted by Crippen LogP contribution is -2.25. The fourth-order valence-corrected chi connectivity index (χ4v) is 2.72. The second-order valence-electron chi connectivity index (χ2n) is 4.88. The van der Waals surface area contributed by atoms with Crippen molar-refractivity contribution in [2.45, 2.75) is 18.4 Å². The topological polar surface area (TPSA) is 9.23 Å². The molecule has 0 N–H and O–H groups in total. The van der Waals surface area contributed by atoms with Crippen LogP contribution in [0, 0.1) is 0 Å². The van der Waals surface area contributed by atoms with Crippen LogP contribution in [0.1, 0.15) is 23.5 Å². The predicted molar refractivity (Wildman–Crippen MR) is 78.2 cm³/mol. The van der Waals surface area contributed by atoms with Crippen molar-refractivity contribution in [3.63, 3.8) is 0 Å². The molecule has 3 rings (SSSR count). The molecule has 1 aliphatic heterocycles. The van der Waals surface area contributed by atoms with Crippen molar-refractivity contribution in [1.82, 2.24) is 0 Å². The molecule has 1 heterocycles. The van der Waals surface area contributed by atoms with E-state index in [1.54, 1.807) is 0 Å². The Bertz CT molecular complexity index is 491. The molecule has 2 aromatic rings. The highest BCUT2D eigenvalue weighted by Crippen LogP contribution is 2.32. The summed E-state index contributed by atoms with van der Waals surface area (Å²) in [6.07, 6.45) is 5.54. The first-order chi connectivity index (χ1) is 9.45. The molecule has 0 saturated carbocycles. The van der Waals surface area contributed by atoms with Crippen molar-refractivity contribution in [3.8, 4) is 0 Å². The lowest BCUT2D eigenvalue weighted by molar-refractivity contribution is 0.0561. The third-order valence-corrected chi connectivity index (χ3v) is 3.63. The first-order valence-corrected chi connectivity index (χ1v) is 6.81. The summed E-state index contributed by atoms with van der Waals surface area (Å²) in [6, 6.07) is 21.3. The van der Waals surface area contributed by atoms with Crippen LogP contribution < -0.4 is 0 Å².